The van der Waals surface area contributed by atoms with Crippen LogP contribution in [0.2, 0.25) is 0 Å². The molecule has 1 aromatic heterocycles. The number of hydrogen-bond donors (Lipinski definition) is 1. The van der Waals surface area contributed by atoms with Crippen molar-refractivity contribution in [1.82, 2.24) is 9.88 Å². The van der Waals surface area contributed by atoms with E-state index >= 15 is 0 Å². The molecule has 2 rings (SSSR count). The molecule has 7 heteroatoms. The second-order valence-corrected chi connectivity index (χ2v) is 5.80. The van der Waals surface area contributed by atoms with Crippen molar-refractivity contribution in [3.05, 3.63) is 28.1 Å². The summed E-state index contributed by atoms with van der Waals surface area (Å²) in [7, 11) is 0. The van der Waals surface area contributed by atoms with E-state index in [4.69, 9.17) is 0 Å². The molecule has 0 radical (unpaired) electrons. The van der Waals surface area contributed by atoms with Gasteiger partial charge < -0.3 is 9.88 Å². The van der Waals surface area contributed by atoms with E-state index in [9.17, 15) is 14.9 Å². The second-order valence-electron chi connectivity index (χ2n) is 5.01. The number of alkyl halides is 1. The van der Waals surface area contributed by atoms with Crippen molar-refractivity contribution in [3.8, 4) is 0 Å². The van der Waals surface area contributed by atoms with E-state index in [1.165, 1.54) is 18.7 Å². The predicted octanol–water partition coefficient (Wildman–Crippen LogP) is 3.09. The molecule has 1 N–H and O–H groups in total. The number of nitrogens with zero attached hydrogens (tertiary/aromatic N) is 2. The Morgan fingerprint density at radius 1 is 1.45 bits per heavy atom. The molecule has 110 valence electrons. The lowest BCUT2D eigenvalue weighted by atomic mass is 9.94. The average Bonchev–Trinajstić information content (AvgIpc) is 2.95. The number of hydrogen-bond acceptors (Lipinski definition) is 3. The van der Waals surface area contributed by atoms with E-state index < -0.39 is 4.92 Å². The molecular weight excluding hydrogens is 326 g/mol. The summed E-state index contributed by atoms with van der Waals surface area (Å²) >= 11 is 3.37. The third-order valence-corrected chi connectivity index (χ3v) is 4.07. The van der Waals surface area contributed by atoms with Gasteiger partial charge in [-0.1, -0.05) is 35.2 Å². The van der Waals surface area contributed by atoms with E-state index in [0.717, 1.165) is 25.7 Å². The van der Waals surface area contributed by atoms with Crippen LogP contribution in [0.5, 0.6) is 0 Å². The number of halogens is 1. The smallest absolute Gasteiger partial charge is 0.287 e. The van der Waals surface area contributed by atoms with Crippen molar-refractivity contribution in [1.29, 1.82) is 0 Å². The molecule has 1 aromatic rings. The van der Waals surface area contributed by atoms with Gasteiger partial charge in [-0.05, 0) is 12.8 Å². The molecule has 0 unspecified atom stereocenters. The van der Waals surface area contributed by atoms with Gasteiger partial charge in [-0.2, -0.15) is 0 Å². The van der Waals surface area contributed by atoms with Gasteiger partial charge in [0.1, 0.15) is 5.69 Å². The number of nitro groups is 1. The summed E-state index contributed by atoms with van der Waals surface area (Å²) < 4.78 is 0. The molecule has 1 saturated carbocycles. The van der Waals surface area contributed by atoms with Crippen LogP contribution in [0.25, 0.3) is 0 Å². The summed E-state index contributed by atoms with van der Waals surface area (Å²) in [6, 6.07) is 1.56. The largest absolute Gasteiger partial charge is 0.351 e. The Labute approximate surface area is 125 Å². The van der Waals surface area contributed by atoms with Crippen LogP contribution in [0.15, 0.2) is 12.3 Å². The molecule has 1 aliphatic rings. The molecular formula is C13H18BrN3O3. The van der Waals surface area contributed by atoms with E-state index in [1.54, 1.807) is 0 Å². The first-order chi connectivity index (χ1) is 9.63. The molecule has 1 heterocycles. The van der Waals surface area contributed by atoms with Crippen molar-refractivity contribution < 1.29 is 9.72 Å². The van der Waals surface area contributed by atoms with Gasteiger partial charge in [0, 0.05) is 24.0 Å². The second kappa shape index (κ2) is 6.88. The van der Waals surface area contributed by atoms with Gasteiger partial charge in [-0.3, -0.25) is 14.9 Å². The topological polar surface area (TPSA) is 79.2 Å². The van der Waals surface area contributed by atoms with Crippen LogP contribution in [-0.2, 0) is 0 Å². The molecule has 0 aromatic carbocycles. The van der Waals surface area contributed by atoms with Crippen molar-refractivity contribution in [2.45, 2.75) is 38.1 Å². The van der Waals surface area contributed by atoms with Gasteiger partial charge >= 0.3 is 0 Å². The highest BCUT2D eigenvalue weighted by Crippen LogP contribution is 2.24. The molecule has 1 aliphatic carbocycles. The van der Waals surface area contributed by atoms with Gasteiger partial charge in [-0.25, -0.2) is 0 Å². The highest BCUT2D eigenvalue weighted by molar-refractivity contribution is 9.09. The number of H-pyrrole nitrogens is 1. The maximum Gasteiger partial charge on any atom is 0.287 e. The van der Waals surface area contributed by atoms with Gasteiger partial charge in [0.25, 0.3) is 11.6 Å². The fourth-order valence-corrected chi connectivity index (χ4v) is 3.08. The van der Waals surface area contributed by atoms with Crippen LogP contribution in [0.3, 0.4) is 0 Å². The number of nitrogens with one attached hydrogen (secondary N) is 1. The highest BCUT2D eigenvalue weighted by atomic mass is 79.9. The molecule has 0 aliphatic heterocycles. The van der Waals surface area contributed by atoms with Crippen LogP contribution in [0.1, 0.15) is 42.6 Å². The van der Waals surface area contributed by atoms with Crippen molar-refractivity contribution in [2.24, 2.45) is 0 Å². The summed E-state index contributed by atoms with van der Waals surface area (Å²) in [6.45, 7) is 0.621. The van der Waals surface area contributed by atoms with Crippen LogP contribution in [-0.4, -0.2) is 38.6 Å². The van der Waals surface area contributed by atoms with E-state index in [2.05, 4.69) is 20.9 Å². The summed E-state index contributed by atoms with van der Waals surface area (Å²) in [5.74, 6) is -0.149. The lowest BCUT2D eigenvalue weighted by Gasteiger charge is -2.33. The highest BCUT2D eigenvalue weighted by Gasteiger charge is 2.27. The van der Waals surface area contributed by atoms with Crippen molar-refractivity contribution >= 4 is 27.5 Å². The Hall–Kier alpha value is -1.37. The Bertz CT molecular complexity index is 483. The standard InChI is InChI=1S/C13H18BrN3O3/c14-6-7-16(10-4-2-1-3-5-10)13(18)12-8-11(9-15-12)17(19)20/h8-10,15H,1-7H2. The third-order valence-electron chi connectivity index (χ3n) is 3.71. The van der Waals surface area contributed by atoms with Gasteiger partial charge in [-0.15, -0.1) is 0 Å². The zero-order chi connectivity index (χ0) is 14.5. The zero-order valence-electron chi connectivity index (χ0n) is 11.2. The number of aromatic nitrogens is 1. The van der Waals surface area contributed by atoms with Gasteiger partial charge in [0.05, 0.1) is 11.1 Å². The minimum Gasteiger partial charge on any atom is -0.351 e. The van der Waals surface area contributed by atoms with Crippen LogP contribution < -0.4 is 0 Å². The molecule has 6 nitrogen and oxygen atoms in total. The minimum atomic E-state index is -0.497. The van der Waals surface area contributed by atoms with Gasteiger partial charge in [0.2, 0.25) is 0 Å². The lowest BCUT2D eigenvalue weighted by molar-refractivity contribution is -0.384. The lowest BCUT2D eigenvalue weighted by Crippen LogP contribution is -2.42. The molecule has 1 fully saturated rings. The van der Waals surface area contributed by atoms with E-state index in [1.807, 2.05) is 4.90 Å². The van der Waals surface area contributed by atoms with Crippen LogP contribution in [0, 0.1) is 10.1 Å². The molecule has 0 bridgehead atoms. The first kappa shape index (κ1) is 15.0. The number of amides is 1. The maximum absolute atomic E-state index is 12.5. The summed E-state index contributed by atoms with van der Waals surface area (Å²) in [6.07, 6.45) is 6.80. The van der Waals surface area contributed by atoms with Crippen molar-refractivity contribution in [3.63, 3.8) is 0 Å². The monoisotopic (exact) mass is 343 g/mol. The molecule has 20 heavy (non-hydrogen) atoms. The Morgan fingerprint density at radius 3 is 2.70 bits per heavy atom. The Morgan fingerprint density at radius 2 is 2.15 bits per heavy atom. The molecule has 1 amide bonds. The summed E-state index contributed by atoms with van der Waals surface area (Å²) in [5.41, 5.74) is 0.221. The minimum absolute atomic E-state index is 0.0733. The fraction of sp³-hybridized carbons (Fsp3) is 0.615. The number of carbonyl (C=O) groups excluding carboxylic acids is 1. The fourth-order valence-electron chi connectivity index (χ4n) is 2.70. The van der Waals surface area contributed by atoms with E-state index in [-0.39, 0.29) is 17.6 Å². The first-order valence-electron chi connectivity index (χ1n) is 6.83. The maximum atomic E-state index is 12.5. The molecule has 0 saturated heterocycles. The van der Waals surface area contributed by atoms with Crippen LogP contribution >= 0.6 is 15.9 Å². The Kier molecular flexibility index (Phi) is 5.17. The van der Waals surface area contributed by atoms with E-state index in [0.29, 0.717) is 17.6 Å². The third kappa shape index (κ3) is 3.39. The summed E-state index contributed by atoms with van der Waals surface area (Å²) in [5, 5.41) is 11.4. The predicted molar refractivity (Wildman–Crippen MR) is 79.2 cm³/mol. The SMILES string of the molecule is O=C(c1cc([N+](=O)[O-])c[nH]1)N(CCBr)C1CCCCC1. The molecule has 0 atom stereocenters. The normalized spacial score (nSPS) is 16.1. The average molecular weight is 344 g/mol. The number of aromatic amines is 1. The van der Waals surface area contributed by atoms with Crippen molar-refractivity contribution in [2.75, 3.05) is 11.9 Å². The zero-order valence-corrected chi connectivity index (χ0v) is 12.8. The number of rotatable bonds is 5. The molecule has 0 spiro atoms. The van der Waals surface area contributed by atoms with Crippen LogP contribution in [0.4, 0.5) is 5.69 Å². The first-order valence-corrected chi connectivity index (χ1v) is 7.95. The Balaban J connectivity index is 2.14. The number of carbonyl (C=O) groups is 1. The van der Waals surface area contributed by atoms with Gasteiger partial charge in [0.15, 0.2) is 0 Å². The summed E-state index contributed by atoms with van der Waals surface area (Å²) in [4.78, 5) is 27.3. The quantitative estimate of drug-likeness (QED) is 0.506.